The number of fused-ring (bicyclic) bond motifs is 1. The highest BCUT2D eigenvalue weighted by atomic mass is 16.5. The van der Waals surface area contributed by atoms with Gasteiger partial charge in [-0.2, -0.15) is 0 Å². The largest absolute Gasteiger partial charge is 0.496 e. The lowest BCUT2D eigenvalue weighted by atomic mass is 10.1. The molecule has 0 unspecified atom stereocenters. The van der Waals surface area contributed by atoms with Gasteiger partial charge in [0, 0.05) is 18.3 Å². The maximum atomic E-state index is 12.6. The Hall–Kier alpha value is -3.82. The van der Waals surface area contributed by atoms with Crippen LogP contribution >= 0.6 is 0 Å². The number of pyridine rings is 1. The Balaban J connectivity index is 0.000000817. The first kappa shape index (κ1) is 19.5. The standard InChI is InChI=1S/C16H16N4O4.CH2O2/c1-22-11-9-13(24-3)12(23-2)8-10(11)15(21)17-16-19-18-14-6-4-5-7-20(14)16;2-1-3/h4-9H,1-3H3,(H,17,19,21);1H,(H,2,3). The van der Waals surface area contributed by atoms with Crippen LogP contribution in [0.5, 0.6) is 17.2 Å². The monoisotopic (exact) mass is 374 g/mol. The molecule has 0 fully saturated rings. The van der Waals surface area contributed by atoms with Gasteiger partial charge in [-0.3, -0.25) is 19.3 Å². The third-order valence-electron chi connectivity index (χ3n) is 3.49. The van der Waals surface area contributed by atoms with Crippen LogP contribution in [0.3, 0.4) is 0 Å². The van der Waals surface area contributed by atoms with Crippen LogP contribution in [0.2, 0.25) is 0 Å². The minimum absolute atomic E-state index is 0.250. The van der Waals surface area contributed by atoms with Gasteiger partial charge in [-0.25, -0.2) is 0 Å². The maximum absolute atomic E-state index is 12.6. The fraction of sp³-hybridized carbons (Fsp3) is 0.176. The number of anilines is 1. The first-order valence-electron chi connectivity index (χ1n) is 7.58. The molecule has 142 valence electrons. The molecule has 0 aliphatic carbocycles. The molecular formula is C17H18N4O6. The Morgan fingerprint density at radius 2 is 1.70 bits per heavy atom. The quantitative estimate of drug-likeness (QED) is 0.647. The molecular weight excluding hydrogens is 356 g/mol. The van der Waals surface area contributed by atoms with Gasteiger partial charge in [0.2, 0.25) is 5.95 Å². The van der Waals surface area contributed by atoms with Gasteiger partial charge in [0.05, 0.1) is 26.9 Å². The van der Waals surface area contributed by atoms with Gasteiger partial charge in [-0.05, 0) is 12.1 Å². The third-order valence-corrected chi connectivity index (χ3v) is 3.49. The zero-order valence-electron chi connectivity index (χ0n) is 14.9. The number of ether oxygens (including phenoxy) is 3. The maximum Gasteiger partial charge on any atom is 0.290 e. The lowest BCUT2D eigenvalue weighted by Gasteiger charge is -2.13. The van der Waals surface area contributed by atoms with Gasteiger partial charge in [0.1, 0.15) is 5.75 Å². The van der Waals surface area contributed by atoms with Crippen LogP contribution in [0.1, 0.15) is 10.4 Å². The summed E-state index contributed by atoms with van der Waals surface area (Å²) in [7, 11) is 4.49. The lowest BCUT2D eigenvalue weighted by molar-refractivity contribution is -0.122. The van der Waals surface area contributed by atoms with Crippen molar-refractivity contribution in [3.05, 3.63) is 42.1 Å². The van der Waals surface area contributed by atoms with E-state index in [-0.39, 0.29) is 6.47 Å². The summed E-state index contributed by atoms with van der Waals surface area (Å²) in [5, 5.41) is 17.6. The molecule has 2 aromatic heterocycles. The Bertz CT molecular complexity index is 940. The summed E-state index contributed by atoms with van der Waals surface area (Å²) < 4.78 is 17.4. The van der Waals surface area contributed by atoms with Gasteiger partial charge in [0.25, 0.3) is 12.4 Å². The van der Waals surface area contributed by atoms with Crippen molar-refractivity contribution in [2.24, 2.45) is 0 Å². The predicted octanol–water partition coefficient (Wildman–Crippen LogP) is 1.71. The number of hydrogen-bond acceptors (Lipinski definition) is 7. The fourth-order valence-electron chi connectivity index (χ4n) is 2.30. The number of benzene rings is 1. The zero-order valence-corrected chi connectivity index (χ0v) is 14.9. The lowest BCUT2D eigenvalue weighted by Crippen LogP contribution is -2.15. The molecule has 0 atom stereocenters. The molecule has 0 saturated heterocycles. The Kier molecular flexibility index (Phi) is 6.53. The molecule has 10 heteroatoms. The Labute approximate surface area is 154 Å². The normalized spacial score (nSPS) is 9.74. The Morgan fingerprint density at radius 1 is 1.07 bits per heavy atom. The second-order valence-corrected chi connectivity index (χ2v) is 4.92. The van der Waals surface area contributed by atoms with Crippen molar-refractivity contribution in [1.82, 2.24) is 14.6 Å². The number of nitrogens with zero attached hydrogens (tertiary/aromatic N) is 3. The van der Waals surface area contributed by atoms with Crippen LogP contribution in [0.25, 0.3) is 5.65 Å². The topological polar surface area (TPSA) is 124 Å². The average molecular weight is 374 g/mol. The smallest absolute Gasteiger partial charge is 0.290 e. The highest BCUT2D eigenvalue weighted by Gasteiger charge is 2.19. The minimum atomic E-state index is -0.397. The number of carbonyl (C=O) groups is 2. The molecule has 0 spiro atoms. The molecule has 0 saturated carbocycles. The highest BCUT2D eigenvalue weighted by Crippen LogP contribution is 2.34. The second-order valence-electron chi connectivity index (χ2n) is 4.92. The molecule has 27 heavy (non-hydrogen) atoms. The van der Waals surface area contributed by atoms with Gasteiger partial charge in [-0.1, -0.05) is 6.07 Å². The first-order chi connectivity index (χ1) is 13.1. The number of methoxy groups -OCH3 is 3. The third kappa shape index (κ3) is 4.24. The summed E-state index contributed by atoms with van der Waals surface area (Å²) in [5.41, 5.74) is 0.926. The van der Waals surface area contributed by atoms with E-state index < -0.39 is 5.91 Å². The van der Waals surface area contributed by atoms with Crippen LogP contribution in [-0.2, 0) is 4.79 Å². The highest BCUT2D eigenvalue weighted by molar-refractivity contribution is 6.06. The number of carbonyl (C=O) groups excluding carboxylic acids is 1. The van der Waals surface area contributed by atoms with Crippen molar-refractivity contribution in [3.63, 3.8) is 0 Å². The second kappa shape index (κ2) is 9.04. The molecule has 0 radical (unpaired) electrons. The molecule has 10 nitrogen and oxygen atoms in total. The summed E-state index contributed by atoms with van der Waals surface area (Å²) in [6.07, 6.45) is 1.76. The molecule has 0 aliphatic heterocycles. The van der Waals surface area contributed by atoms with E-state index in [2.05, 4.69) is 15.5 Å². The summed E-state index contributed by atoms with van der Waals surface area (Å²) in [6, 6.07) is 8.60. The van der Waals surface area contributed by atoms with E-state index in [1.54, 1.807) is 28.8 Å². The van der Waals surface area contributed by atoms with Crippen LogP contribution in [0.4, 0.5) is 5.95 Å². The molecule has 3 aromatic rings. The molecule has 3 rings (SSSR count). The predicted molar refractivity (Wildman–Crippen MR) is 95.7 cm³/mol. The van der Waals surface area contributed by atoms with Crippen LogP contribution in [-0.4, -0.2) is 53.4 Å². The van der Waals surface area contributed by atoms with Gasteiger partial charge >= 0.3 is 0 Å². The molecule has 0 bridgehead atoms. The number of nitrogens with one attached hydrogen (secondary N) is 1. The van der Waals surface area contributed by atoms with Gasteiger partial charge in [-0.15, -0.1) is 10.2 Å². The zero-order chi connectivity index (χ0) is 19.8. The van der Waals surface area contributed by atoms with Crippen LogP contribution in [0, 0.1) is 0 Å². The van der Waals surface area contributed by atoms with Gasteiger partial charge < -0.3 is 19.3 Å². The van der Waals surface area contributed by atoms with Crippen LogP contribution < -0.4 is 19.5 Å². The number of amides is 1. The molecule has 2 N–H and O–H groups in total. The number of rotatable bonds is 5. The minimum Gasteiger partial charge on any atom is -0.496 e. The van der Waals surface area contributed by atoms with E-state index >= 15 is 0 Å². The van der Waals surface area contributed by atoms with E-state index in [1.165, 1.54) is 21.3 Å². The van der Waals surface area contributed by atoms with E-state index in [4.69, 9.17) is 24.1 Å². The van der Waals surface area contributed by atoms with Crippen molar-refractivity contribution < 1.29 is 28.9 Å². The number of aromatic nitrogens is 3. The summed E-state index contributed by atoms with van der Waals surface area (Å²) >= 11 is 0. The molecule has 1 aromatic carbocycles. The summed E-state index contributed by atoms with van der Waals surface area (Å²) in [5.74, 6) is 1.17. The molecule has 1 amide bonds. The Morgan fingerprint density at radius 3 is 2.33 bits per heavy atom. The SMILES string of the molecule is COc1cc(OC)c(C(=O)Nc2nnc3ccccn23)cc1OC.O=CO. The number of hydrogen-bond donors (Lipinski definition) is 2. The van der Waals surface area contributed by atoms with E-state index in [0.29, 0.717) is 34.4 Å². The van der Waals surface area contributed by atoms with E-state index in [9.17, 15) is 4.79 Å². The van der Waals surface area contributed by atoms with Crippen molar-refractivity contribution in [3.8, 4) is 17.2 Å². The van der Waals surface area contributed by atoms with Crippen molar-refractivity contribution >= 4 is 24.0 Å². The molecule has 2 heterocycles. The van der Waals surface area contributed by atoms with Crippen molar-refractivity contribution in [2.45, 2.75) is 0 Å². The van der Waals surface area contributed by atoms with Gasteiger partial charge in [0.15, 0.2) is 17.1 Å². The molecule has 0 aliphatic rings. The van der Waals surface area contributed by atoms with Crippen molar-refractivity contribution in [1.29, 1.82) is 0 Å². The van der Waals surface area contributed by atoms with E-state index in [0.717, 1.165) is 0 Å². The number of carboxylic acid groups (broad SMARTS) is 1. The summed E-state index contributed by atoms with van der Waals surface area (Å²) in [6.45, 7) is -0.250. The average Bonchev–Trinajstić information content (AvgIpc) is 3.10. The van der Waals surface area contributed by atoms with Crippen molar-refractivity contribution in [2.75, 3.05) is 26.6 Å². The fourth-order valence-corrected chi connectivity index (χ4v) is 2.30. The van der Waals surface area contributed by atoms with E-state index in [1.807, 2.05) is 12.1 Å². The first-order valence-corrected chi connectivity index (χ1v) is 7.58. The van der Waals surface area contributed by atoms with Crippen LogP contribution in [0.15, 0.2) is 36.5 Å². The summed E-state index contributed by atoms with van der Waals surface area (Å²) in [4.78, 5) is 21.0.